The third-order valence-electron chi connectivity index (χ3n) is 3.30. The first-order chi connectivity index (χ1) is 10.0. The molecule has 0 N–H and O–H groups in total. The molecular weight excluding hydrogens is 361 g/mol. The molecule has 0 saturated heterocycles. The minimum absolute atomic E-state index is 0. The topological polar surface area (TPSA) is 12.5 Å². The molecule has 1 aromatic rings. The Balaban J connectivity index is 0.00000242. The molecule has 0 spiro atoms. The van der Waals surface area contributed by atoms with Crippen LogP contribution < -0.4 is 4.74 Å². The van der Waals surface area contributed by atoms with Crippen LogP contribution in [-0.4, -0.2) is 24.5 Å². The monoisotopic (exact) mass is 379 g/mol. The molecule has 115 valence electrons. The van der Waals surface area contributed by atoms with Gasteiger partial charge in [-0.1, -0.05) is 24.8 Å². The predicted octanol–water partition coefficient (Wildman–Crippen LogP) is 4.27. The first-order valence-corrected chi connectivity index (χ1v) is 6.81. The molecule has 22 heavy (non-hydrogen) atoms. The number of benzene rings is 1. The van der Waals surface area contributed by atoms with Crippen LogP contribution in [0.4, 0.5) is 8.78 Å². The summed E-state index contributed by atoms with van der Waals surface area (Å²) in [6.07, 6.45) is 2.69. The van der Waals surface area contributed by atoms with E-state index in [2.05, 4.69) is 17.6 Å². The predicted molar refractivity (Wildman–Crippen MR) is 79.9 cm³/mol. The van der Waals surface area contributed by atoms with Crippen molar-refractivity contribution in [2.24, 2.45) is 0 Å². The van der Waals surface area contributed by atoms with Gasteiger partial charge in [0.25, 0.3) is 6.43 Å². The number of rotatable bonds is 5. The van der Waals surface area contributed by atoms with E-state index in [-0.39, 0.29) is 32.7 Å². The van der Waals surface area contributed by atoms with Gasteiger partial charge in [0.1, 0.15) is 12.4 Å². The summed E-state index contributed by atoms with van der Waals surface area (Å²) in [5, 5.41) is 0. The number of allylic oxidation sites excluding steroid dienone is 3. The van der Waals surface area contributed by atoms with Crippen LogP contribution in [0.15, 0.2) is 48.2 Å². The summed E-state index contributed by atoms with van der Waals surface area (Å²) in [5.41, 5.74) is 3.90. The zero-order valence-corrected chi connectivity index (χ0v) is 15.6. The van der Waals surface area contributed by atoms with Gasteiger partial charge in [0.05, 0.1) is 0 Å². The molecule has 0 amide bonds. The molecule has 5 heteroatoms. The van der Waals surface area contributed by atoms with Gasteiger partial charge in [-0.3, -0.25) is 0 Å². The molecule has 2 rings (SSSR count). The van der Waals surface area contributed by atoms with Crippen molar-refractivity contribution in [3.05, 3.63) is 59.8 Å². The van der Waals surface area contributed by atoms with E-state index in [0.29, 0.717) is 5.75 Å². The fourth-order valence-corrected chi connectivity index (χ4v) is 2.14. The molecule has 0 saturated carbocycles. The fraction of sp³-hybridized carbons (Fsp3) is 0.294. The molecule has 1 heterocycles. The Morgan fingerprint density at radius 1 is 1.27 bits per heavy atom. The van der Waals surface area contributed by atoms with Crippen LogP contribution >= 0.6 is 0 Å². The molecule has 1 aromatic carbocycles. The maximum atomic E-state index is 12.1. The summed E-state index contributed by atoms with van der Waals surface area (Å²) in [5.74, 6) is 0.434. The van der Waals surface area contributed by atoms with Crippen molar-refractivity contribution in [1.82, 2.24) is 4.90 Å². The Kier molecular flexibility index (Phi) is 7.44. The fourth-order valence-electron chi connectivity index (χ4n) is 2.14. The van der Waals surface area contributed by atoms with Crippen LogP contribution in [0, 0.1) is 6.08 Å². The van der Waals surface area contributed by atoms with Crippen LogP contribution in [0.5, 0.6) is 5.75 Å². The molecule has 0 aromatic heterocycles. The summed E-state index contributed by atoms with van der Waals surface area (Å²) in [4.78, 5) is 2.07. The van der Waals surface area contributed by atoms with Crippen LogP contribution in [0.3, 0.4) is 0 Å². The van der Waals surface area contributed by atoms with Gasteiger partial charge in [0, 0.05) is 39.3 Å². The van der Waals surface area contributed by atoms with Gasteiger partial charge < -0.3 is 9.64 Å². The molecular formula is C17H18F2NOY-. The average molecular weight is 379 g/mol. The van der Waals surface area contributed by atoms with Gasteiger partial charge in [-0.05, 0) is 24.8 Å². The number of alkyl halides is 2. The van der Waals surface area contributed by atoms with E-state index >= 15 is 0 Å². The van der Waals surface area contributed by atoms with E-state index in [9.17, 15) is 8.78 Å². The normalized spacial score (nSPS) is 14.4. The second kappa shape index (κ2) is 8.59. The van der Waals surface area contributed by atoms with Crippen LogP contribution in [0.2, 0.25) is 0 Å². The van der Waals surface area contributed by atoms with Crippen LogP contribution in [0.1, 0.15) is 19.4 Å². The van der Waals surface area contributed by atoms with Gasteiger partial charge in [-0.25, -0.2) is 8.78 Å². The number of hydrogen-bond acceptors (Lipinski definition) is 2. The average Bonchev–Trinajstić information content (AvgIpc) is 2.48. The second-order valence-corrected chi connectivity index (χ2v) is 4.74. The minimum Gasteiger partial charge on any atom is -0.488 e. The van der Waals surface area contributed by atoms with Crippen molar-refractivity contribution >= 4 is 5.70 Å². The van der Waals surface area contributed by atoms with E-state index in [1.165, 1.54) is 0 Å². The van der Waals surface area contributed by atoms with Crippen molar-refractivity contribution in [2.75, 3.05) is 13.2 Å². The largest absolute Gasteiger partial charge is 0.488 e. The van der Waals surface area contributed by atoms with Gasteiger partial charge in [-0.2, -0.15) is 12.2 Å². The zero-order valence-electron chi connectivity index (χ0n) is 12.8. The van der Waals surface area contributed by atoms with Crippen molar-refractivity contribution in [1.29, 1.82) is 0 Å². The molecule has 0 atom stereocenters. The van der Waals surface area contributed by atoms with Crippen molar-refractivity contribution < 1.29 is 46.2 Å². The van der Waals surface area contributed by atoms with Crippen LogP contribution in [0.25, 0.3) is 5.70 Å². The number of nitrogens with zero attached hydrogens (tertiary/aromatic N) is 1. The molecule has 1 aliphatic heterocycles. The number of hydrogen-bond donors (Lipinski definition) is 0. The Morgan fingerprint density at radius 2 is 1.91 bits per heavy atom. The molecule has 0 unspecified atom stereocenters. The minimum atomic E-state index is -2.47. The van der Waals surface area contributed by atoms with E-state index in [1.807, 2.05) is 32.1 Å². The van der Waals surface area contributed by atoms with Gasteiger partial charge in [-0.15, -0.1) is 17.7 Å². The maximum Gasteiger partial charge on any atom is 0.272 e. The third kappa shape index (κ3) is 4.50. The second-order valence-electron chi connectivity index (χ2n) is 4.74. The van der Waals surface area contributed by atoms with Gasteiger partial charge in [0.15, 0.2) is 0 Å². The van der Waals surface area contributed by atoms with Crippen molar-refractivity contribution in [3.8, 4) is 5.75 Å². The summed E-state index contributed by atoms with van der Waals surface area (Å²) >= 11 is 0. The van der Waals surface area contributed by atoms with Crippen LogP contribution in [-0.2, 0) is 32.7 Å². The van der Waals surface area contributed by atoms with E-state index < -0.39 is 13.0 Å². The SMILES string of the molecule is C=C1C(C)=C[C-]=C(c2ccc(OCC(F)F)cc2)N1CC.[Y]. The number of likely N-dealkylation sites (N-methyl/N-ethyl adjacent to an activating group) is 1. The number of halogens is 2. The van der Waals surface area contributed by atoms with E-state index in [1.54, 1.807) is 12.1 Å². The molecule has 1 aliphatic rings. The summed E-state index contributed by atoms with van der Waals surface area (Å²) in [6, 6.07) is 7.06. The first-order valence-electron chi connectivity index (χ1n) is 6.81. The summed E-state index contributed by atoms with van der Waals surface area (Å²) in [7, 11) is 0. The van der Waals surface area contributed by atoms with Gasteiger partial charge >= 0.3 is 0 Å². The first kappa shape index (κ1) is 19.1. The quantitative estimate of drug-likeness (QED) is 0.709. The zero-order chi connectivity index (χ0) is 15.4. The molecule has 0 aliphatic carbocycles. The Morgan fingerprint density at radius 3 is 2.45 bits per heavy atom. The summed E-state index contributed by atoms with van der Waals surface area (Å²) < 4.78 is 29.2. The van der Waals surface area contributed by atoms with Crippen molar-refractivity contribution in [3.63, 3.8) is 0 Å². The Hall–Kier alpha value is -0.996. The summed E-state index contributed by atoms with van der Waals surface area (Å²) in [6.45, 7) is 8.32. The maximum absolute atomic E-state index is 12.1. The van der Waals surface area contributed by atoms with Crippen molar-refractivity contribution in [2.45, 2.75) is 20.3 Å². The molecule has 0 fully saturated rings. The smallest absolute Gasteiger partial charge is 0.272 e. The Labute approximate surface area is 155 Å². The standard InChI is InChI=1S/C17H18F2NO.Y/c1-4-20-13(3)12(2)5-10-16(20)14-6-8-15(9-7-14)21-11-17(18)19;/h5-9,17H,3-4,11H2,1-2H3;/q-1;. The number of ether oxygens (including phenoxy) is 1. The molecule has 2 nitrogen and oxygen atoms in total. The van der Waals surface area contributed by atoms with E-state index in [0.717, 1.165) is 29.1 Å². The Bertz CT molecular complexity index is 579. The third-order valence-corrected chi connectivity index (χ3v) is 3.30. The molecule has 1 radical (unpaired) electrons. The van der Waals surface area contributed by atoms with Gasteiger partial charge in [0.2, 0.25) is 0 Å². The molecule has 0 bridgehead atoms. The van der Waals surface area contributed by atoms with E-state index in [4.69, 9.17) is 4.74 Å².